The number of aromatic amines is 1. The van der Waals surface area contributed by atoms with E-state index in [1.54, 1.807) is 12.1 Å². The summed E-state index contributed by atoms with van der Waals surface area (Å²) in [5.41, 5.74) is 2.84. The molecule has 0 aliphatic rings. The number of H-pyrrole nitrogens is 1. The Hall–Kier alpha value is -2.54. The van der Waals surface area contributed by atoms with Gasteiger partial charge in [-0.1, -0.05) is 18.5 Å². The monoisotopic (exact) mass is 322 g/mol. The lowest BCUT2D eigenvalue weighted by atomic mass is 10.2. The zero-order valence-corrected chi connectivity index (χ0v) is 12.6. The third-order valence-corrected chi connectivity index (χ3v) is 3.03. The van der Waals surface area contributed by atoms with Crippen molar-refractivity contribution in [3.8, 4) is 11.5 Å². The molecule has 1 heterocycles. The van der Waals surface area contributed by atoms with E-state index in [0.29, 0.717) is 17.9 Å². The van der Waals surface area contributed by atoms with Crippen LogP contribution in [-0.2, 0) is 0 Å². The minimum Gasteiger partial charge on any atom is -0.507 e. The first-order valence-corrected chi connectivity index (χ1v) is 6.97. The Morgan fingerprint density at radius 1 is 1.55 bits per heavy atom. The van der Waals surface area contributed by atoms with Crippen molar-refractivity contribution < 1.29 is 9.84 Å². The summed E-state index contributed by atoms with van der Waals surface area (Å²) in [6.07, 6.45) is 3.62. The third-order valence-electron chi connectivity index (χ3n) is 2.66. The van der Waals surface area contributed by atoms with E-state index in [0.717, 1.165) is 6.42 Å². The second-order valence-electron chi connectivity index (χ2n) is 4.37. The van der Waals surface area contributed by atoms with Gasteiger partial charge in [0, 0.05) is 11.6 Å². The van der Waals surface area contributed by atoms with Gasteiger partial charge in [0.25, 0.3) is 5.56 Å². The number of rotatable bonds is 6. The number of hydrazone groups is 1. The van der Waals surface area contributed by atoms with Crippen LogP contribution in [0.3, 0.4) is 0 Å². The number of phenolic OH excluding ortho intramolecular Hbond substituents is 1. The van der Waals surface area contributed by atoms with E-state index >= 15 is 0 Å². The summed E-state index contributed by atoms with van der Waals surface area (Å²) in [6.45, 7) is 2.59. The Morgan fingerprint density at radius 3 is 3.09 bits per heavy atom. The minimum atomic E-state index is -0.512. The first kappa shape index (κ1) is 15.8. The van der Waals surface area contributed by atoms with Crippen LogP contribution < -0.4 is 15.7 Å². The molecule has 116 valence electrons. The summed E-state index contributed by atoms with van der Waals surface area (Å²) >= 11 is 5.79. The first-order chi connectivity index (χ1) is 10.6. The zero-order valence-electron chi connectivity index (χ0n) is 11.8. The molecule has 0 radical (unpaired) electrons. The Bertz CT molecular complexity index is 730. The van der Waals surface area contributed by atoms with Crippen LogP contribution in [0, 0.1) is 0 Å². The van der Waals surface area contributed by atoms with Gasteiger partial charge in [-0.2, -0.15) is 10.2 Å². The van der Waals surface area contributed by atoms with Gasteiger partial charge in [-0.15, -0.1) is 0 Å². The van der Waals surface area contributed by atoms with Gasteiger partial charge in [-0.3, -0.25) is 10.2 Å². The molecule has 0 aliphatic heterocycles. The standard InChI is InChI=1S/C14H15ClN4O3/c1-2-5-22-10-4-3-9(12(20)6-10)7-16-18-11-8-17-19-14(21)13(11)15/h3-4,6-8,20H,2,5H2,1H3,(H2,18,19,21)/b16-7+. The molecule has 0 fully saturated rings. The summed E-state index contributed by atoms with van der Waals surface area (Å²) in [5, 5.41) is 19.6. The largest absolute Gasteiger partial charge is 0.507 e. The highest BCUT2D eigenvalue weighted by Gasteiger charge is 2.04. The van der Waals surface area contributed by atoms with Crippen molar-refractivity contribution in [1.82, 2.24) is 10.2 Å². The van der Waals surface area contributed by atoms with Crippen LogP contribution in [0.2, 0.25) is 5.02 Å². The van der Waals surface area contributed by atoms with Crippen LogP contribution >= 0.6 is 11.6 Å². The predicted molar refractivity (Wildman–Crippen MR) is 85.0 cm³/mol. The van der Waals surface area contributed by atoms with Gasteiger partial charge in [-0.05, 0) is 18.6 Å². The van der Waals surface area contributed by atoms with Crippen molar-refractivity contribution in [1.29, 1.82) is 0 Å². The number of aromatic hydroxyl groups is 1. The number of phenols is 1. The SMILES string of the molecule is CCCOc1ccc(/C=N/Nc2cn[nH]c(=O)c2Cl)c(O)c1. The van der Waals surface area contributed by atoms with Crippen LogP contribution in [0.5, 0.6) is 11.5 Å². The molecule has 2 aromatic rings. The molecule has 0 spiro atoms. The number of hydrogen-bond acceptors (Lipinski definition) is 6. The fourth-order valence-corrected chi connectivity index (χ4v) is 1.71. The number of anilines is 1. The molecule has 0 saturated heterocycles. The van der Waals surface area contributed by atoms with Crippen LogP contribution in [-0.4, -0.2) is 28.1 Å². The number of aromatic nitrogens is 2. The summed E-state index contributed by atoms with van der Waals surface area (Å²) < 4.78 is 5.41. The second-order valence-corrected chi connectivity index (χ2v) is 4.74. The van der Waals surface area contributed by atoms with Crippen LogP contribution in [0.25, 0.3) is 0 Å². The molecule has 0 amide bonds. The predicted octanol–water partition coefficient (Wildman–Crippen LogP) is 2.36. The lowest BCUT2D eigenvalue weighted by Crippen LogP contribution is -2.10. The Balaban J connectivity index is 2.07. The molecule has 3 N–H and O–H groups in total. The Labute approximate surface area is 131 Å². The maximum atomic E-state index is 11.3. The Morgan fingerprint density at radius 2 is 2.36 bits per heavy atom. The molecule has 0 unspecified atom stereocenters. The van der Waals surface area contributed by atoms with Crippen LogP contribution in [0.15, 0.2) is 34.3 Å². The van der Waals surface area contributed by atoms with Gasteiger partial charge in [0.1, 0.15) is 22.2 Å². The number of nitrogens with zero attached hydrogens (tertiary/aromatic N) is 2. The molecule has 1 aromatic carbocycles. The van der Waals surface area contributed by atoms with Gasteiger partial charge in [0.15, 0.2) is 0 Å². The first-order valence-electron chi connectivity index (χ1n) is 6.60. The topological polar surface area (TPSA) is 99.6 Å². The summed E-state index contributed by atoms with van der Waals surface area (Å²) in [7, 11) is 0. The molecule has 0 saturated carbocycles. The highest BCUT2D eigenvalue weighted by Crippen LogP contribution is 2.22. The van der Waals surface area contributed by atoms with Gasteiger partial charge in [-0.25, -0.2) is 5.10 Å². The molecular formula is C14H15ClN4O3. The quantitative estimate of drug-likeness (QED) is 0.560. The fraction of sp³-hybridized carbons (Fsp3) is 0.214. The van der Waals surface area contributed by atoms with E-state index in [2.05, 4.69) is 20.7 Å². The van der Waals surface area contributed by atoms with Gasteiger partial charge in [0.05, 0.1) is 19.0 Å². The molecule has 1 aromatic heterocycles. The van der Waals surface area contributed by atoms with Crippen molar-refractivity contribution in [2.75, 3.05) is 12.0 Å². The van der Waals surface area contributed by atoms with E-state index in [1.807, 2.05) is 6.92 Å². The van der Waals surface area contributed by atoms with Crippen molar-refractivity contribution >= 4 is 23.5 Å². The number of halogens is 1. The maximum absolute atomic E-state index is 11.3. The molecule has 0 aliphatic carbocycles. The van der Waals surface area contributed by atoms with E-state index in [1.165, 1.54) is 18.5 Å². The summed E-state index contributed by atoms with van der Waals surface area (Å²) in [4.78, 5) is 11.3. The molecule has 0 bridgehead atoms. The molecule has 22 heavy (non-hydrogen) atoms. The van der Waals surface area contributed by atoms with Gasteiger partial charge in [0.2, 0.25) is 0 Å². The highest BCUT2D eigenvalue weighted by atomic mass is 35.5. The zero-order chi connectivity index (χ0) is 15.9. The van der Waals surface area contributed by atoms with Crippen LogP contribution in [0.4, 0.5) is 5.69 Å². The van der Waals surface area contributed by atoms with Gasteiger partial charge < -0.3 is 9.84 Å². The van der Waals surface area contributed by atoms with Crippen molar-refractivity contribution in [3.05, 3.63) is 45.3 Å². The number of hydrogen-bond donors (Lipinski definition) is 3. The normalized spacial score (nSPS) is 10.8. The van der Waals surface area contributed by atoms with E-state index in [4.69, 9.17) is 16.3 Å². The van der Waals surface area contributed by atoms with E-state index in [-0.39, 0.29) is 16.5 Å². The average Bonchev–Trinajstić information content (AvgIpc) is 2.51. The smallest absolute Gasteiger partial charge is 0.285 e. The number of nitrogens with one attached hydrogen (secondary N) is 2. The van der Waals surface area contributed by atoms with Crippen molar-refractivity contribution in [2.45, 2.75) is 13.3 Å². The summed E-state index contributed by atoms with van der Waals surface area (Å²) in [5.74, 6) is 0.626. The second kappa shape index (κ2) is 7.46. The number of benzene rings is 1. The van der Waals surface area contributed by atoms with Crippen molar-refractivity contribution in [2.24, 2.45) is 5.10 Å². The Kier molecular flexibility index (Phi) is 5.37. The molecule has 2 rings (SSSR count). The maximum Gasteiger partial charge on any atom is 0.285 e. The van der Waals surface area contributed by atoms with Crippen LogP contribution in [0.1, 0.15) is 18.9 Å². The molecule has 0 atom stereocenters. The highest BCUT2D eigenvalue weighted by molar-refractivity contribution is 6.32. The number of ether oxygens (including phenoxy) is 1. The van der Waals surface area contributed by atoms with Gasteiger partial charge >= 0.3 is 0 Å². The van der Waals surface area contributed by atoms with E-state index < -0.39 is 5.56 Å². The average molecular weight is 323 g/mol. The fourth-order valence-electron chi connectivity index (χ4n) is 1.58. The summed E-state index contributed by atoms with van der Waals surface area (Å²) in [6, 6.07) is 4.92. The lowest BCUT2D eigenvalue weighted by molar-refractivity contribution is 0.315. The van der Waals surface area contributed by atoms with Crippen molar-refractivity contribution in [3.63, 3.8) is 0 Å². The lowest BCUT2D eigenvalue weighted by Gasteiger charge is -2.06. The van der Waals surface area contributed by atoms with E-state index in [9.17, 15) is 9.90 Å². The molecular weight excluding hydrogens is 308 g/mol. The minimum absolute atomic E-state index is 0.0364. The molecule has 8 heteroatoms. The third kappa shape index (κ3) is 3.98. The molecule has 7 nitrogen and oxygen atoms in total.